The smallest absolute Gasteiger partial charge is 0.319 e. The average molecular weight is 294 g/mol. The fraction of sp³-hybridized carbons (Fsp3) is 0.231. The fourth-order valence-corrected chi connectivity index (χ4v) is 2.21. The van der Waals surface area contributed by atoms with Gasteiger partial charge in [0.25, 0.3) is 0 Å². The molecule has 0 aliphatic rings. The van der Waals surface area contributed by atoms with Crippen molar-refractivity contribution < 1.29 is 9.53 Å². The van der Waals surface area contributed by atoms with E-state index in [4.69, 9.17) is 0 Å². The molecule has 88 valence electrons. The minimum atomic E-state index is -0.324. The van der Waals surface area contributed by atoms with E-state index in [1.165, 1.54) is 7.11 Å². The van der Waals surface area contributed by atoms with Crippen LogP contribution in [0.5, 0.6) is 0 Å². The van der Waals surface area contributed by atoms with Gasteiger partial charge in [-0.2, -0.15) is 0 Å². The van der Waals surface area contributed by atoms with Crippen LogP contribution in [0.15, 0.2) is 36.5 Å². The number of ether oxygens (including phenoxy) is 1. The predicted molar refractivity (Wildman–Crippen MR) is 70.2 cm³/mol. The molecule has 2 aromatic rings. The average Bonchev–Trinajstić information content (AvgIpc) is 2.37. The molecule has 1 heterocycles. The Labute approximate surface area is 108 Å². The number of hydrogen-bond acceptors (Lipinski definition) is 3. The van der Waals surface area contributed by atoms with Crippen molar-refractivity contribution in [3.63, 3.8) is 0 Å². The van der Waals surface area contributed by atoms with Crippen molar-refractivity contribution in [1.82, 2.24) is 4.98 Å². The highest BCUT2D eigenvalue weighted by atomic mass is 79.9. The van der Waals surface area contributed by atoms with Crippen molar-refractivity contribution in [2.45, 2.75) is 11.2 Å². The van der Waals surface area contributed by atoms with Gasteiger partial charge in [-0.25, -0.2) is 0 Å². The molecule has 2 rings (SSSR count). The van der Waals surface area contributed by atoms with E-state index in [0.29, 0.717) is 6.42 Å². The van der Waals surface area contributed by atoms with Gasteiger partial charge in [0.2, 0.25) is 0 Å². The van der Waals surface area contributed by atoms with Gasteiger partial charge in [-0.05, 0) is 24.1 Å². The van der Waals surface area contributed by atoms with Crippen molar-refractivity contribution in [3.8, 4) is 0 Å². The number of rotatable bonds is 3. The summed E-state index contributed by atoms with van der Waals surface area (Å²) in [6, 6.07) is 9.94. The first-order valence-electron chi connectivity index (χ1n) is 5.26. The number of pyridine rings is 1. The highest BCUT2D eigenvalue weighted by Crippen LogP contribution is 2.16. The van der Waals surface area contributed by atoms with Crippen LogP contribution >= 0.6 is 15.9 Å². The summed E-state index contributed by atoms with van der Waals surface area (Å²) in [7, 11) is 1.38. The molecule has 17 heavy (non-hydrogen) atoms. The maximum absolute atomic E-state index is 11.3. The van der Waals surface area contributed by atoms with Crippen LogP contribution in [0.3, 0.4) is 0 Å². The number of esters is 1. The number of halogens is 1. The number of nitrogens with zero attached hydrogens (tertiary/aromatic N) is 1. The molecule has 1 aromatic heterocycles. The monoisotopic (exact) mass is 293 g/mol. The van der Waals surface area contributed by atoms with Gasteiger partial charge >= 0.3 is 5.97 Å². The fourth-order valence-electron chi connectivity index (χ4n) is 1.65. The second-order valence-corrected chi connectivity index (χ2v) is 4.84. The topological polar surface area (TPSA) is 39.2 Å². The molecular formula is C13H12BrNO2. The van der Waals surface area contributed by atoms with Gasteiger partial charge in [0.05, 0.1) is 12.6 Å². The summed E-state index contributed by atoms with van der Waals surface area (Å²) in [6.45, 7) is 0. The van der Waals surface area contributed by atoms with Crippen LogP contribution in [0.4, 0.5) is 0 Å². The second kappa shape index (κ2) is 5.27. The summed E-state index contributed by atoms with van der Waals surface area (Å²) in [5.74, 6) is -0.266. The van der Waals surface area contributed by atoms with Crippen LogP contribution < -0.4 is 0 Å². The van der Waals surface area contributed by atoms with E-state index in [0.717, 1.165) is 16.5 Å². The lowest BCUT2D eigenvalue weighted by Crippen LogP contribution is -2.18. The second-order valence-electron chi connectivity index (χ2n) is 3.73. The molecule has 1 aromatic carbocycles. The molecule has 4 heteroatoms. The van der Waals surface area contributed by atoms with E-state index in [1.54, 1.807) is 6.20 Å². The Morgan fingerprint density at radius 1 is 1.47 bits per heavy atom. The molecule has 1 atom stereocenters. The lowest BCUT2D eigenvalue weighted by molar-refractivity contribution is -0.139. The van der Waals surface area contributed by atoms with Crippen molar-refractivity contribution in [3.05, 3.63) is 42.1 Å². The summed E-state index contributed by atoms with van der Waals surface area (Å²) < 4.78 is 4.67. The Balaban J connectivity index is 2.22. The summed E-state index contributed by atoms with van der Waals surface area (Å²) >= 11 is 3.30. The number of benzene rings is 1. The van der Waals surface area contributed by atoms with Crippen LogP contribution in [-0.2, 0) is 16.0 Å². The molecule has 0 N–H and O–H groups in total. The first-order chi connectivity index (χ1) is 8.20. The molecule has 0 radical (unpaired) electrons. The quantitative estimate of drug-likeness (QED) is 0.645. The van der Waals surface area contributed by atoms with Crippen LogP contribution in [-0.4, -0.2) is 22.9 Å². The first kappa shape index (κ1) is 12.0. The maximum atomic E-state index is 11.3. The van der Waals surface area contributed by atoms with E-state index in [1.807, 2.05) is 30.3 Å². The molecule has 0 saturated carbocycles. The lowest BCUT2D eigenvalue weighted by Gasteiger charge is -2.07. The van der Waals surface area contributed by atoms with Gasteiger partial charge in [0, 0.05) is 11.6 Å². The van der Waals surface area contributed by atoms with Crippen LogP contribution in [0.1, 0.15) is 5.56 Å². The Kier molecular flexibility index (Phi) is 3.74. The molecule has 0 bridgehead atoms. The molecule has 0 aliphatic carbocycles. The summed E-state index contributed by atoms with van der Waals surface area (Å²) in [6.07, 6.45) is 2.37. The van der Waals surface area contributed by atoms with E-state index < -0.39 is 0 Å². The number of carbonyl (C=O) groups is 1. The third kappa shape index (κ3) is 2.82. The maximum Gasteiger partial charge on any atom is 0.319 e. The van der Waals surface area contributed by atoms with Gasteiger partial charge < -0.3 is 4.74 Å². The first-order valence-corrected chi connectivity index (χ1v) is 6.18. The zero-order valence-corrected chi connectivity index (χ0v) is 11.0. The lowest BCUT2D eigenvalue weighted by atomic mass is 10.1. The highest BCUT2D eigenvalue weighted by Gasteiger charge is 2.15. The van der Waals surface area contributed by atoms with Gasteiger partial charge in [0.1, 0.15) is 4.83 Å². The number of hydrogen-bond donors (Lipinski definition) is 0. The summed E-state index contributed by atoms with van der Waals surface area (Å²) in [5, 5.41) is 1.08. The minimum absolute atomic E-state index is 0.266. The molecular weight excluding hydrogens is 282 g/mol. The van der Waals surface area contributed by atoms with E-state index >= 15 is 0 Å². The van der Waals surface area contributed by atoms with Crippen LogP contribution in [0, 0.1) is 0 Å². The number of aromatic nitrogens is 1. The van der Waals surface area contributed by atoms with Gasteiger partial charge in [-0.15, -0.1) is 0 Å². The standard InChI is InChI=1S/C13H12BrNO2/c1-17-13(16)11(14)7-9-6-10-4-2-3-5-12(10)15-8-9/h2-6,8,11H,7H2,1H3. The number of para-hydroxylation sites is 1. The Bertz CT molecular complexity index is 542. The highest BCUT2D eigenvalue weighted by molar-refractivity contribution is 9.10. The third-order valence-electron chi connectivity index (χ3n) is 2.52. The Morgan fingerprint density at radius 3 is 3.00 bits per heavy atom. The predicted octanol–water partition coefficient (Wildman–Crippen LogP) is 2.71. The van der Waals surface area contributed by atoms with Gasteiger partial charge in [0.15, 0.2) is 0 Å². The van der Waals surface area contributed by atoms with Crippen molar-refractivity contribution in [2.24, 2.45) is 0 Å². The van der Waals surface area contributed by atoms with Crippen LogP contribution in [0.25, 0.3) is 10.9 Å². The van der Waals surface area contributed by atoms with Crippen molar-refractivity contribution in [1.29, 1.82) is 0 Å². The Morgan fingerprint density at radius 2 is 2.24 bits per heavy atom. The molecule has 0 saturated heterocycles. The van der Waals surface area contributed by atoms with Gasteiger partial charge in [-0.1, -0.05) is 34.1 Å². The van der Waals surface area contributed by atoms with Gasteiger partial charge in [-0.3, -0.25) is 9.78 Å². The van der Waals surface area contributed by atoms with E-state index in [9.17, 15) is 4.79 Å². The van der Waals surface area contributed by atoms with Crippen molar-refractivity contribution >= 4 is 32.8 Å². The summed E-state index contributed by atoms with van der Waals surface area (Å²) in [5.41, 5.74) is 1.97. The Hall–Kier alpha value is -1.42. The normalized spacial score (nSPS) is 12.4. The molecule has 0 aliphatic heterocycles. The van der Waals surface area contributed by atoms with Crippen LogP contribution in [0.2, 0.25) is 0 Å². The molecule has 0 fully saturated rings. The summed E-state index contributed by atoms with van der Waals surface area (Å²) in [4.78, 5) is 15.3. The molecule has 0 spiro atoms. The molecule has 0 amide bonds. The zero-order valence-electron chi connectivity index (χ0n) is 9.39. The number of fused-ring (bicyclic) bond motifs is 1. The number of alkyl halides is 1. The third-order valence-corrected chi connectivity index (χ3v) is 3.22. The SMILES string of the molecule is COC(=O)C(Br)Cc1cnc2ccccc2c1. The zero-order chi connectivity index (χ0) is 12.3. The van der Waals surface area contributed by atoms with E-state index in [2.05, 4.69) is 25.7 Å². The molecule has 3 nitrogen and oxygen atoms in total. The number of carbonyl (C=O) groups excluding carboxylic acids is 1. The van der Waals surface area contributed by atoms with E-state index in [-0.39, 0.29) is 10.8 Å². The number of methoxy groups -OCH3 is 1. The van der Waals surface area contributed by atoms with Crippen molar-refractivity contribution in [2.75, 3.05) is 7.11 Å². The largest absolute Gasteiger partial charge is 0.468 e. The minimum Gasteiger partial charge on any atom is -0.468 e. The molecule has 1 unspecified atom stereocenters.